The van der Waals surface area contributed by atoms with E-state index in [0.717, 1.165) is 5.56 Å². The number of rotatable bonds is 8. The van der Waals surface area contributed by atoms with E-state index in [2.05, 4.69) is 10.6 Å². The van der Waals surface area contributed by atoms with Gasteiger partial charge in [0.2, 0.25) is 21.8 Å². The number of sulfonamides is 1. The SMILES string of the molecule is COc1cccc(CNC(=O)[C@@H](C)NC(=O)C2CCN(S(=O)(=O)c3ccccc3)CC2)c1. The highest BCUT2D eigenvalue weighted by Crippen LogP contribution is 2.24. The van der Waals surface area contributed by atoms with E-state index in [-0.39, 0.29) is 35.7 Å². The van der Waals surface area contributed by atoms with Gasteiger partial charge in [0.25, 0.3) is 0 Å². The molecule has 1 saturated heterocycles. The van der Waals surface area contributed by atoms with Crippen molar-refractivity contribution >= 4 is 21.8 Å². The van der Waals surface area contributed by atoms with E-state index >= 15 is 0 Å². The average molecular weight is 460 g/mol. The summed E-state index contributed by atoms with van der Waals surface area (Å²) in [5.74, 6) is -0.138. The monoisotopic (exact) mass is 459 g/mol. The normalized spacial score (nSPS) is 16.2. The van der Waals surface area contributed by atoms with Crippen LogP contribution in [-0.2, 0) is 26.2 Å². The molecule has 0 aliphatic carbocycles. The Bertz CT molecular complexity index is 1030. The summed E-state index contributed by atoms with van der Waals surface area (Å²) >= 11 is 0. The Kier molecular flexibility index (Phi) is 7.87. The van der Waals surface area contributed by atoms with Gasteiger partial charge in [-0.25, -0.2) is 8.42 Å². The second-order valence-electron chi connectivity index (χ2n) is 7.79. The van der Waals surface area contributed by atoms with E-state index in [1.807, 2.05) is 24.3 Å². The van der Waals surface area contributed by atoms with E-state index in [4.69, 9.17) is 4.74 Å². The van der Waals surface area contributed by atoms with E-state index in [1.165, 1.54) is 4.31 Å². The summed E-state index contributed by atoms with van der Waals surface area (Å²) < 4.78 is 32.0. The van der Waals surface area contributed by atoms with E-state index in [0.29, 0.717) is 25.1 Å². The molecule has 3 rings (SSSR count). The molecule has 9 heteroatoms. The number of carbonyl (C=O) groups excluding carboxylic acids is 2. The summed E-state index contributed by atoms with van der Waals surface area (Å²) in [7, 11) is -1.98. The Morgan fingerprint density at radius 3 is 2.44 bits per heavy atom. The van der Waals surface area contributed by atoms with Crippen LogP contribution in [0, 0.1) is 5.92 Å². The highest BCUT2D eigenvalue weighted by Gasteiger charge is 2.32. The zero-order chi connectivity index (χ0) is 23.1. The quantitative estimate of drug-likeness (QED) is 0.628. The third-order valence-electron chi connectivity index (χ3n) is 5.56. The van der Waals surface area contributed by atoms with Crippen LogP contribution in [0.1, 0.15) is 25.3 Å². The van der Waals surface area contributed by atoms with Crippen molar-refractivity contribution in [2.24, 2.45) is 5.92 Å². The maximum Gasteiger partial charge on any atom is 0.243 e. The number of hydrogen-bond acceptors (Lipinski definition) is 5. The van der Waals surface area contributed by atoms with Crippen molar-refractivity contribution in [2.45, 2.75) is 37.2 Å². The lowest BCUT2D eigenvalue weighted by atomic mass is 9.97. The molecule has 0 radical (unpaired) electrons. The van der Waals surface area contributed by atoms with Gasteiger partial charge >= 0.3 is 0 Å². The molecule has 32 heavy (non-hydrogen) atoms. The molecule has 2 amide bonds. The fourth-order valence-electron chi connectivity index (χ4n) is 3.62. The van der Waals surface area contributed by atoms with Gasteiger partial charge < -0.3 is 15.4 Å². The van der Waals surface area contributed by atoms with Gasteiger partial charge in [-0.3, -0.25) is 9.59 Å². The van der Waals surface area contributed by atoms with Gasteiger partial charge in [-0.2, -0.15) is 4.31 Å². The van der Waals surface area contributed by atoms with Gasteiger partial charge in [-0.1, -0.05) is 30.3 Å². The van der Waals surface area contributed by atoms with Gasteiger partial charge in [-0.15, -0.1) is 0 Å². The number of ether oxygens (including phenoxy) is 1. The molecule has 1 atom stereocenters. The molecule has 1 aliphatic heterocycles. The predicted molar refractivity (Wildman–Crippen MR) is 120 cm³/mol. The van der Waals surface area contributed by atoms with E-state index in [9.17, 15) is 18.0 Å². The first-order valence-corrected chi connectivity index (χ1v) is 12.0. The molecule has 1 heterocycles. The standard InChI is InChI=1S/C23H29N3O5S/c1-17(22(27)24-16-18-7-6-8-20(15-18)31-2)25-23(28)19-11-13-26(14-12-19)32(29,30)21-9-4-3-5-10-21/h3-10,15,17,19H,11-14,16H2,1-2H3,(H,24,27)(H,25,28)/t17-/m1/s1. The molecular formula is C23H29N3O5S. The number of amides is 2. The number of benzene rings is 2. The average Bonchev–Trinajstić information content (AvgIpc) is 2.83. The molecule has 0 saturated carbocycles. The van der Waals surface area contributed by atoms with E-state index < -0.39 is 16.1 Å². The molecule has 0 aromatic heterocycles. The summed E-state index contributed by atoms with van der Waals surface area (Å²) in [4.78, 5) is 25.3. The van der Waals surface area contributed by atoms with Gasteiger partial charge in [0, 0.05) is 25.6 Å². The molecule has 0 bridgehead atoms. The predicted octanol–water partition coefficient (Wildman–Crippen LogP) is 1.92. The first-order valence-electron chi connectivity index (χ1n) is 10.6. The fourth-order valence-corrected chi connectivity index (χ4v) is 5.11. The molecule has 0 spiro atoms. The number of piperidine rings is 1. The molecule has 2 aromatic carbocycles. The summed E-state index contributed by atoms with van der Waals surface area (Å²) in [6, 6.07) is 15.0. The van der Waals surface area contributed by atoms with Gasteiger partial charge in [0.05, 0.1) is 12.0 Å². The minimum atomic E-state index is -3.56. The lowest BCUT2D eigenvalue weighted by Gasteiger charge is -2.31. The largest absolute Gasteiger partial charge is 0.497 e. The minimum absolute atomic E-state index is 0.231. The van der Waals surface area contributed by atoms with Crippen molar-refractivity contribution in [3.63, 3.8) is 0 Å². The fraction of sp³-hybridized carbons (Fsp3) is 0.391. The molecule has 8 nitrogen and oxygen atoms in total. The summed E-state index contributed by atoms with van der Waals surface area (Å²) in [5.41, 5.74) is 0.892. The third kappa shape index (κ3) is 5.86. The highest BCUT2D eigenvalue weighted by atomic mass is 32.2. The lowest BCUT2D eigenvalue weighted by molar-refractivity contribution is -0.131. The minimum Gasteiger partial charge on any atom is -0.497 e. The number of hydrogen-bond donors (Lipinski definition) is 2. The molecule has 0 unspecified atom stereocenters. The summed E-state index contributed by atoms with van der Waals surface area (Å²) in [6.07, 6.45) is 0.825. The number of nitrogens with zero attached hydrogens (tertiary/aromatic N) is 1. The van der Waals surface area contributed by atoms with Crippen molar-refractivity contribution < 1.29 is 22.7 Å². The smallest absolute Gasteiger partial charge is 0.243 e. The topological polar surface area (TPSA) is 105 Å². The summed E-state index contributed by atoms with van der Waals surface area (Å²) in [5, 5.41) is 5.56. The second-order valence-corrected chi connectivity index (χ2v) is 9.73. The maximum atomic E-state index is 12.7. The Balaban J connectivity index is 1.47. The van der Waals surface area contributed by atoms with Crippen LogP contribution in [0.4, 0.5) is 0 Å². The Morgan fingerprint density at radius 1 is 1.09 bits per heavy atom. The first kappa shape index (κ1) is 23.7. The molecule has 1 aliphatic rings. The molecule has 1 fully saturated rings. The van der Waals surface area contributed by atoms with Crippen molar-refractivity contribution in [2.75, 3.05) is 20.2 Å². The summed E-state index contributed by atoms with van der Waals surface area (Å²) in [6.45, 7) is 2.50. The van der Waals surface area contributed by atoms with Gasteiger partial charge in [0.1, 0.15) is 11.8 Å². The van der Waals surface area contributed by atoms with Crippen molar-refractivity contribution in [1.29, 1.82) is 0 Å². The van der Waals surface area contributed by atoms with Crippen LogP contribution in [0.3, 0.4) is 0 Å². The number of methoxy groups -OCH3 is 1. The highest BCUT2D eigenvalue weighted by molar-refractivity contribution is 7.89. The first-order chi connectivity index (χ1) is 15.3. The van der Waals surface area contributed by atoms with Crippen LogP contribution in [0.15, 0.2) is 59.5 Å². The van der Waals surface area contributed by atoms with Crippen molar-refractivity contribution in [3.05, 3.63) is 60.2 Å². The van der Waals surface area contributed by atoms with Crippen LogP contribution in [-0.4, -0.2) is 50.8 Å². The van der Waals surface area contributed by atoms with Gasteiger partial charge in [0.15, 0.2) is 0 Å². The molecule has 172 valence electrons. The van der Waals surface area contributed by atoms with Crippen LogP contribution in [0.25, 0.3) is 0 Å². The zero-order valence-electron chi connectivity index (χ0n) is 18.3. The molecule has 2 aromatic rings. The van der Waals surface area contributed by atoms with E-state index in [1.54, 1.807) is 44.4 Å². The van der Waals surface area contributed by atoms with Crippen molar-refractivity contribution in [3.8, 4) is 5.75 Å². The second kappa shape index (κ2) is 10.6. The number of nitrogens with one attached hydrogen (secondary N) is 2. The van der Waals surface area contributed by atoms with Crippen LogP contribution >= 0.6 is 0 Å². The Labute approximate surface area is 189 Å². The van der Waals surface area contributed by atoms with Crippen LogP contribution in [0.2, 0.25) is 0 Å². The van der Waals surface area contributed by atoms with Crippen molar-refractivity contribution in [1.82, 2.24) is 14.9 Å². The molecular weight excluding hydrogens is 430 g/mol. The van der Waals surface area contributed by atoms with Crippen LogP contribution in [0.5, 0.6) is 5.75 Å². The lowest BCUT2D eigenvalue weighted by Crippen LogP contribution is -2.49. The maximum absolute atomic E-state index is 12.7. The van der Waals surface area contributed by atoms with Gasteiger partial charge in [-0.05, 0) is 49.6 Å². The Hall–Kier alpha value is -2.91. The third-order valence-corrected chi connectivity index (χ3v) is 7.47. The van der Waals surface area contributed by atoms with Crippen LogP contribution < -0.4 is 15.4 Å². The Morgan fingerprint density at radius 2 is 1.78 bits per heavy atom. The number of carbonyl (C=O) groups is 2. The zero-order valence-corrected chi connectivity index (χ0v) is 19.1. The molecule has 2 N–H and O–H groups in total.